The first kappa shape index (κ1) is 23.1. The average molecular weight is 469 g/mol. The maximum absolute atomic E-state index is 12.5. The number of thiazole rings is 1. The second-order valence-corrected chi connectivity index (χ2v) is 9.96. The van der Waals surface area contributed by atoms with Crippen LogP contribution < -0.4 is 15.2 Å². The van der Waals surface area contributed by atoms with Crippen molar-refractivity contribution in [3.8, 4) is 5.75 Å². The quantitative estimate of drug-likeness (QED) is 0.368. The van der Waals surface area contributed by atoms with Gasteiger partial charge < -0.3 is 15.2 Å². The number of hydrogen-bond donors (Lipinski definition) is 3. The number of sulfonamides is 1. The zero-order valence-corrected chi connectivity index (χ0v) is 18.7. The van der Waals surface area contributed by atoms with Gasteiger partial charge >= 0.3 is 0 Å². The molecule has 0 aliphatic heterocycles. The molecule has 1 aromatic carbocycles. The SMILES string of the molecule is CC(C)C(C(=O)NCCCO)n1cc(COc2ccc3nc(S(N)(=O)=O)sc3c2)nn1. The van der Waals surface area contributed by atoms with Crippen LogP contribution in [0.15, 0.2) is 28.7 Å². The predicted molar refractivity (Wildman–Crippen MR) is 114 cm³/mol. The average Bonchev–Trinajstić information content (AvgIpc) is 3.33. The van der Waals surface area contributed by atoms with Crippen LogP contribution in [0.4, 0.5) is 0 Å². The number of ether oxygens (including phenoxy) is 1. The summed E-state index contributed by atoms with van der Waals surface area (Å²) in [6.07, 6.45) is 2.14. The van der Waals surface area contributed by atoms with Crippen LogP contribution in [0.2, 0.25) is 0 Å². The second kappa shape index (κ2) is 9.68. The lowest BCUT2D eigenvalue weighted by Crippen LogP contribution is -2.36. The number of hydrogen-bond acceptors (Lipinski definition) is 9. The Labute approximate surface area is 183 Å². The highest BCUT2D eigenvalue weighted by Crippen LogP contribution is 2.28. The van der Waals surface area contributed by atoms with Gasteiger partial charge in [-0.15, -0.1) is 16.4 Å². The molecule has 0 radical (unpaired) electrons. The van der Waals surface area contributed by atoms with Gasteiger partial charge in [-0.05, 0) is 30.5 Å². The van der Waals surface area contributed by atoms with Crippen LogP contribution in [0.5, 0.6) is 5.75 Å². The van der Waals surface area contributed by atoms with Gasteiger partial charge in [-0.3, -0.25) is 4.79 Å². The van der Waals surface area contributed by atoms with Crippen LogP contribution in [0.3, 0.4) is 0 Å². The van der Waals surface area contributed by atoms with E-state index in [0.717, 1.165) is 11.3 Å². The largest absolute Gasteiger partial charge is 0.487 e. The molecule has 31 heavy (non-hydrogen) atoms. The number of rotatable bonds is 10. The molecule has 13 heteroatoms. The third kappa shape index (κ3) is 5.76. The maximum atomic E-state index is 12.5. The Bertz CT molecular complexity index is 1160. The maximum Gasteiger partial charge on any atom is 0.265 e. The molecule has 3 aromatic rings. The van der Waals surface area contributed by atoms with E-state index in [1.54, 1.807) is 24.4 Å². The van der Waals surface area contributed by atoms with E-state index in [4.69, 9.17) is 15.0 Å². The number of carbonyl (C=O) groups excluding carboxylic acids is 1. The summed E-state index contributed by atoms with van der Waals surface area (Å²) in [4.78, 5) is 16.5. The van der Waals surface area contributed by atoms with Gasteiger partial charge in [0, 0.05) is 13.2 Å². The van der Waals surface area contributed by atoms with E-state index in [1.807, 2.05) is 13.8 Å². The number of aliphatic hydroxyl groups is 1. The van der Waals surface area contributed by atoms with Crippen LogP contribution >= 0.6 is 11.3 Å². The van der Waals surface area contributed by atoms with Crippen molar-refractivity contribution in [3.63, 3.8) is 0 Å². The lowest BCUT2D eigenvalue weighted by atomic mass is 10.0. The topological polar surface area (TPSA) is 162 Å². The number of aromatic nitrogens is 4. The van der Waals surface area contributed by atoms with E-state index >= 15 is 0 Å². The minimum absolute atomic E-state index is 0.00805. The summed E-state index contributed by atoms with van der Waals surface area (Å²) < 4.78 is 30.6. The number of aliphatic hydroxyl groups excluding tert-OH is 1. The van der Waals surface area contributed by atoms with Crippen LogP contribution in [0.25, 0.3) is 10.2 Å². The lowest BCUT2D eigenvalue weighted by Gasteiger charge is -2.19. The summed E-state index contributed by atoms with van der Waals surface area (Å²) in [6, 6.07) is 4.46. The number of nitrogens with zero attached hydrogens (tertiary/aromatic N) is 4. The highest BCUT2D eigenvalue weighted by molar-refractivity contribution is 7.91. The third-order valence-corrected chi connectivity index (χ3v) is 6.69. The van der Waals surface area contributed by atoms with Gasteiger partial charge in [-0.25, -0.2) is 23.2 Å². The number of nitrogens with one attached hydrogen (secondary N) is 1. The zero-order valence-electron chi connectivity index (χ0n) is 17.1. The molecule has 0 aliphatic carbocycles. The molecule has 0 saturated carbocycles. The Morgan fingerprint density at radius 2 is 2.16 bits per heavy atom. The minimum atomic E-state index is -3.86. The fraction of sp³-hybridized carbons (Fsp3) is 0.444. The lowest BCUT2D eigenvalue weighted by molar-refractivity contribution is -0.125. The highest BCUT2D eigenvalue weighted by Gasteiger charge is 2.25. The summed E-state index contributed by atoms with van der Waals surface area (Å²) in [5, 5.41) is 24.9. The van der Waals surface area contributed by atoms with Crippen LogP contribution in [-0.4, -0.2) is 52.6 Å². The smallest absolute Gasteiger partial charge is 0.265 e. The molecule has 168 valence electrons. The van der Waals surface area contributed by atoms with E-state index in [1.165, 1.54) is 4.68 Å². The Kier molecular flexibility index (Phi) is 7.20. The molecule has 2 aromatic heterocycles. The van der Waals surface area contributed by atoms with Gasteiger partial charge in [0.1, 0.15) is 24.1 Å². The van der Waals surface area contributed by atoms with E-state index in [-0.39, 0.29) is 29.4 Å². The van der Waals surface area contributed by atoms with Crippen LogP contribution in [0.1, 0.15) is 32.0 Å². The summed E-state index contributed by atoms with van der Waals surface area (Å²) in [6.45, 7) is 4.33. The van der Waals surface area contributed by atoms with Gasteiger partial charge in [-0.1, -0.05) is 19.1 Å². The zero-order chi connectivity index (χ0) is 22.6. The molecule has 4 N–H and O–H groups in total. The molecule has 3 rings (SSSR count). The highest BCUT2D eigenvalue weighted by atomic mass is 32.2. The monoisotopic (exact) mass is 468 g/mol. The van der Waals surface area contributed by atoms with Crippen molar-refractivity contribution in [2.24, 2.45) is 11.1 Å². The number of benzene rings is 1. The van der Waals surface area contributed by atoms with Crippen molar-refractivity contribution in [1.82, 2.24) is 25.3 Å². The molecular weight excluding hydrogens is 444 g/mol. The Balaban J connectivity index is 1.68. The molecule has 1 atom stereocenters. The van der Waals surface area contributed by atoms with E-state index in [9.17, 15) is 13.2 Å². The van der Waals surface area contributed by atoms with Crippen molar-refractivity contribution in [2.45, 2.75) is 37.3 Å². The molecule has 1 amide bonds. The van der Waals surface area contributed by atoms with Crippen molar-refractivity contribution in [2.75, 3.05) is 13.2 Å². The van der Waals surface area contributed by atoms with Crippen molar-refractivity contribution < 1.29 is 23.1 Å². The number of amides is 1. The molecule has 0 spiro atoms. The Hall–Kier alpha value is -2.61. The van der Waals surface area contributed by atoms with Gasteiger partial charge in [0.15, 0.2) is 0 Å². The van der Waals surface area contributed by atoms with E-state index in [2.05, 4.69) is 20.6 Å². The molecule has 0 bridgehead atoms. The Morgan fingerprint density at radius 1 is 1.39 bits per heavy atom. The van der Waals surface area contributed by atoms with Gasteiger partial charge in [0.05, 0.1) is 16.4 Å². The molecule has 1 unspecified atom stereocenters. The van der Waals surface area contributed by atoms with Gasteiger partial charge in [0.2, 0.25) is 10.2 Å². The first-order chi connectivity index (χ1) is 14.7. The number of fused-ring (bicyclic) bond motifs is 1. The normalized spacial score (nSPS) is 12.9. The predicted octanol–water partition coefficient (Wildman–Crippen LogP) is 0.810. The number of carbonyl (C=O) groups is 1. The van der Waals surface area contributed by atoms with Crippen LogP contribution in [0, 0.1) is 5.92 Å². The van der Waals surface area contributed by atoms with Crippen molar-refractivity contribution in [1.29, 1.82) is 0 Å². The molecular formula is C18H24N6O5S2. The van der Waals surface area contributed by atoms with Gasteiger partial charge in [-0.2, -0.15) is 0 Å². The molecule has 11 nitrogen and oxygen atoms in total. The van der Waals surface area contributed by atoms with E-state index in [0.29, 0.717) is 34.6 Å². The first-order valence-electron chi connectivity index (χ1n) is 9.54. The second-order valence-electron chi connectivity index (χ2n) is 7.19. The summed E-state index contributed by atoms with van der Waals surface area (Å²) in [7, 11) is -3.86. The molecule has 0 aliphatic rings. The van der Waals surface area contributed by atoms with Crippen molar-refractivity contribution >= 4 is 37.5 Å². The standard InChI is InChI=1S/C18H24N6O5S2/c1-11(2)16(17(26)20-6-3-7-25)24-9-12(22-23-24)10-29-13-4-5-14-15(8-13)30-18(21-14)31(19,27)28/h4-5,8-9,11,16,25H,3,6-7,10H2,1-2H3,(H,20,26)(H2,19,27,28). The van der Waals surface area contributed by atoms with Crippen LogP contribution in [-0.2, 0) is 21.4 Å². The number of nitrogens with two attached hydrogens (primary N) is 1. The fourth-order valence-corrected chi connectivity index (χ4v) is 4.58. The fourth-order valence-electron chi connectivity index (χ4n) is 2.89. The number of primary sulfonamides is 1. The molecule has 0 saturated heterocycles. The van der Waals surface area contributed by atoms with Gasteiger partial charge in [0.25, 0.3) is 10.0 Å². The molecule has 2 heterocycles. The summed E-state index contributed by atoms with van der Waals surface area (Å²) in [5.74, 6) is 0.294. The van der Waals surface area contributed by atoms with E-state index < -0.39 is 16.1 Å². The minimum Gasteiger partial charge on any atom is -0.487 e. The third-order valence-electron chi connectivity index (χ3n) is 4.35. The molecule has 0 fully saturated rings. The summed E-state index contributed by atoms with van der Waals surface area (Å²) >= 11 is 0.966. The Morgan fingerprint density at radius 3 is 2.84 bits per heavy atom. The van der Waals surface area contributed by atoms with Crippen molar-refractivity contribution in [3.05, 3.63) is 30.1 Å². The first-order valence-corrected chi connectivity index (χ1v) is 11.9. The summed E-state index contributed by atoms with van der Waals surface area (Å²) in [5.41, 5.74) is 1.04.